The Kier molecular flexibility index (Phi) is 3.60. The van der Waals surface area contributed by atoms with Crippen LogP contribution in [-0.2, 0) is 18.9 Å². The van der Waals surface area contributed by atoms with Gasteiger partial charge in [-0.2, -0.15) is 0 Å². The fraction of sp³-hybridized carbons (Fsp3) is 0.714. The van der Waals surface area contributed by atoms with Gasteiger partial charge in [0, 0.05) is 16.1 Å². The van der Waals surface area contributed by atoms with E-state index in [1.165, 1.54) is 6.08 Å². The summed E-state index contributed by atoms with van der Waals surface area (Å²) in [4.78, 5) is 0. The second-order valence-electron chi connectivity index (χ2n) is 3.29. The molecule has 0 radical (unpaired) electrons. The molecule has 1 rings (SSSR count). The highest BCUT2D eigenvalue weighted by Crippen LogP contribution is 2.20. The van der Waals surface area contributed by atoms with Crippen LogP contribution in [0, 0.1) is 5.92 Å². The normalized spacial score (nSPS) is 24.1. The van der Waals surface area contributed by atoms with Crippen molar-refractivity contribution < 1.29 is 16.8 Å². The van der Waals surface area contributed by atoms with Crippen molar-refractivity contribution in [2.45, 2.75) is 12.8 Å². The van der Waals surface area contributed by atoms with Crippen LogP contribution in [0.4, 0.5) is 0 Å². The Bertz CT molecular complexity index is 407. The smallest absolute Gasteiger partial charge is 0.229 e. The Balaban J connectivity index is 2.56. The highest BCUT2D eigenvalue weighted by atomic mass is 35.7. The predicted octanol–water partition coefficient (Wildman–Crippen LogP) is 0.894. The molecule has 4 nitrogen and oxygen atoms in total. The number of allylic oxidation sites excluding steroid dienone is 1. The molecule has 0 bridgehead atoms. The van der Waals surface area contributed by atoms with Crippen molar-refractivity contribution >= 4 is 29.6 Å². The minimum Gasteiger partial charge on any atom is -0.229 e. The summed E-state index contributed by atoms with van der Waals surface area (Å²) in [5, 5.41) is 0.928. The van der Waals surface area contributed by atoms with Gasteiger partial charge in [0.1, 0.15) is 9.84 Å². The van der Waals surface area contributed by atoms with Crippen LogP contribution in [0.5, 0.6) is 0 Å². The fourth-order valence-electron chi connectivity index (χ4n) is 1.31. The standard InChI is InChI=1S/C7H11ClO4S2/c8-14(11,12)6-3-7-1-4-13(9,10)5-2-7/h3,6-7H,1-2,4-5H2/b6-3-. The average molecular weight is 259 g/mol. The first kappa shape index (κ1) is 12.0. The van der Waals surface area contributed by atoms with Gasteiger partial charge in [-0.3, -0.25) is 0 Å². The maximum absolute atomic E-state index is 11.0. The lowest BCUT2D eigenvalue weighted by Gasteiger charge is -2.18. The minimum atomic E-state index is -3.61. The zero-order valence-electron chi connectivity index (χ0n) is 7.39. The summed E-state index contributed by atoms with van der Waals surface area (Å²) in [6.07, 6.45) is 2.42. The van der Waals surface area contributed by atoms with Crippen LogP contribution in [0.15, 0.2) is 11.5 Å². The zero-order valence-corrected chi connectivity index (χ0v) is 9.78. The molecule has 82 valence electrons. The molecule has 14 heavy (non-hydrogen) atoms. The molecule has 1 fully saturated rings. The predicted molar refractivity (Wildman–Crippen MR) is 55.3 cm³/mol. The second kappa shape index (κ2) is 4.20. The van der Waals surface area contributed by atoms with E-state index in [2.05, 4.69) is 0 Å². The van der Waals surface area contributed by atoms with E-state index in [1.54, 1.807) is 0 Å². The van der Waals surface area contributed by atoms with Crippen molar-refractivity contribution in [3.63, 3.8) is 0 Å². The molecule has 1 aliphatic heterocycles. The van der Waals surface area contributed by atoms with Crippen LogP contribution in [0.2, 0.25) is 0 Å². The van der Waals surface area contributed by atoms with E-state index in [1.807, 2.05) is 0 Å². The molecule has 1 heterocycles. The van der Waals surface area contributed by atoms with Gasteiger partial charge in [-0.25, -0.2) is 16.8 Å². The van der Waals surface area contributed by atoms with Gasteiger partial charge in [0.05, 0.1) is 11.5 Å². The van der Waals surface area contributed by atoms with Crippen LogP contribution in [0.3, 0.4) is 0 Å². The summed E-state index contributed by atoms with van der Waals surface area (Å²) in [7, 11) is -1.52. The third-order valence-corrected chi connectivity index (χ3v) is 4.62. The summed E-state index contributed by atoms with van der Waals surface area (Å²) in [5.41, 5.74) is 0. The Morgan fingerprint density at radius 2 is 1.71 bits per heavy atom. The molecule has 0 aromatic heterocycles. The van der Waals surface area contributed by atoms with Crippen LogP contribution in [-0.4, -0.2) is 28.3 Å². The Hall–Kier alpha value is -0.0700. The van der Waals surface area contributed by atoms with Crippen LogP contribution < -0.4 is 0 Å². The molecule has 0 spiro atoms. The van der Waals surface area contributed by atoms with Gasteiger partial charge in [-0.1, -0.05) is 6.08 Å². The van der Waals surface area contributed by atoms with Crippen molar-refractivity contribution in [2.75, 3.05) is 11.5 Å². The molecule has 0 aromatic rings. The van der Waals surface area contributed by atoms with E-state index >= 15 is 0 Å². The number of hydrogen-bond donors (Lipinski definition) is 0. The Morgan fingerprint density at radius 1 is 1.21 bits per heavy atom. The van der Waals surface area contributed by atoms with Crippen LogP contribution in [0.1, 0.15) is 12.8 Å². The molecule has 0 aromatic carbocycles. The summed E-state index contributed by atoms with van der Waals surface area (Å²) in [6.45, 7) is 0. The largest absolute Gasteiger partial charge is 0.254 e. The van der Waals surface area contributed by atoms with Gasteiger partial charge < -0.3 is 0 Å². The van der Waals surface area contributed by atoms with Gasteiger partial charge in [0.2, 0.25) is 0 Å². The molecule has 0 amide bonds. The maximum Gasteiger partial charge on any atom is 0.254 e. The number of halogens is 1. The lowest BCUT2D eigenvalue weighted by Crippen LogP contribution is -2.22. The highest BCUT2D eigenvalue weighted by molar-refractivity contribution is 8.16. The van der Waals surface area contributed by atoms with Gasteiger partial charge in [0.15, 0.2) is 0 Å². The third-order valence-electron chi connectivity index (χ3n) is 2.11. The average Bonchev–Trinajstić information content (AvgIpc) is 2.01. The number of sulfone groups is 1. The lowest BCUT2D eigenvalue weighted by molar-refractivity contribution is 0.535. The van der Waals surface area contributed by atoms with Gasteiger partial charge in [-0.05, 0) is 18.8 Å². The SMILES string of the molecule is O=S(=O)(Cl)/C=C\C1CCS(=O)(=O)CC1. The second-order valence-corrected chi connectivity index (χ2v) is 8.11. The molecule has 7 heteroatoms. The molecule has 0 atom stereocenters. The monoisotopic (exact) mass is 258 g/mol. The molecular weight excluding hydrogens is 248 g/mol. The third kappa shape index (κ3) is 4.43. The molecule has 1 aliphatic rings. The lowest BCUT2D eigenvalue weighted by atomic mass is 10.0. The van der Waals surface area contributed by atoms with Gasteiger partial charge in [-0.15, -0.1) is 0 Å². The minimum absolute atomic E-state index is 0.00653. The first-order valence-corrected chi connectivity index (χ1v) is 8.31. The van der Waals surface area contributed by atoms with E-state index in [4.69, 9.17) is 10.7 Å². The summed E-state index contributed by atoms with van der Waals surface area (Å²) < 4.78 is 43.2. The summed E-state index contributed by atoms with van der Waals surface area (Å²) in [6, 6.07) is 0. The van der Waals surface area contributed by atoms with Gasteiger partial charge >= 0.3 is 0 Å². The van der Waals surface area contributed by atoms with E-state index in [9.17, 15) is 16.8 Å². The van der Waals surface area contributed by atoms with Crippen molar-refractivity contribution in [3.05, 3.63) is 11.5 Å². The zero-order chi connectivity index (χ0) is 10.8. The Morgan fingerprint density at radius 3 is 2.14 bits per heavy atom. The molecule has 0 N–H and O–H groups in total. The quantitative estimate of drug-likeness (QED) is 0.690. The van der Waals surface area contributed by atoms with Crippen LogP contribution in [0.25, 0.3) is 0 Å². The molecule has 0 aliphatic carbocycles. The Labute approximate surface area is 88.3 Å². The van der Waals surface area contributed by atoms with Crippen LogP contribution >= 0.6 is 10.7 Å². The highest BCUT2D eigenvalue weighted by Gasteiger charge is 2.21. The maximum atomic E-state index is 11.0. The first-order chi connectivity index (χ1) is 6.29. The van der Waals surface area contributed by atoms with Crippen molar-refractivity contribution in [2.24, 2.45) is 5.92 Å². The molecular formula is C7H11ClO4S2. The summed E-state index contributed by atoms with van der Waals surface area (Å²) >= 11 is 0. The first-order valence-electron chi connectivity index (χ1n) is 4.12. The van der Waals surface area contributed by atoms with E-state index in [0.29, 0.717) is 12.8 Å². The van der Waals surface area contributed by atoms with Crippen molar-refractivity contribution in [1.82, 2.24) is 0 Å². The van der Waals surface area contributed by atoms with Gasteiger partial charge in [0.25, 0.3) is 9.05 Å². The van der Waals surface area contributed by atoms with E-state index < -0.39 is 18.9 Å². The summed E-state index contributed by atoms with van der Waals surface area (Å²) in [5.74, 6) is 0.265. The van der Waals surface area contributed by atoms with Crippen molar-refractivity contribution in [1.29, 1.82) is 0 Å². The molecule has 0 saturated carbocycles. The topological polar surface area (TPSA) is 68.3 Å². The number of rotatable bonds is 2. The van der Waals surface area contributed by atoms with E-state index in [0.717, 1.165) is 5.41 Å². The molecule has 0 unspecified atom stereocenters. The van der Waals surface area contributed by atoms with E-state index in [-0.39, 0.29) is 17.4 Å². The fourth-order valence-corrected chi connectivity index (χ4v) is 3.42. The number of hydrogen-bond acceptors (Lipinski definition) is 4. The molecule has 1 saturated heterocycles. The van der Waals surface area contributed by atoms with Crippen molar-refractivity contribution in [3.8, 4) is 0 Å².